The molecule has 2 unspecified atom stereocenters. The maximum atomic E-state index is 12.4. The number of likely N-dealkylation sites (tertiary alicyclic amines) is 1. The lowest BCUT2D eigenvalue weighted by Gasteiger charge is -2.33. The van der Waals surface area contributed by atoms with Gasteiger partial charge in [-0.1, -0.05) is 13.3 Å². The summed E-state index contributed by atoms with van der Waals surface area (Å²) in [6.45, 7) is 10.6. The molecule has 4 nitrogen and oxygen atoms in total. The molecule has 116 valence electrons. The lowest BCUT2D eigenvalue weighted by molar-refractivity contribution is -0.131. The fourth-order valence-corrected chi connectivity index (χ4v) is 3.38. The number of hydrogen-bond acceptors (Lipinski definition) is 3. The van der Waals surface area contributed by atoms with Gasteiger partial charge in [0.25, 0.3) is 0 Å². The molecule has 2 heterocycles. The summed E-state index contributed by atoms with van der Waals surface area (Å²) in [4.78, 5) is 14.9. The molecule has 0 saturated carbocycles. The largest absolute Gasteiger partial charge is 0.355 e. The molecule has 0 aromatic carbocycles. The second kappa shape index (κ2) is 7.41. The number of nitrogens with zero attached hydrogens (tertiary/aromatic N) is 1. The average Bonchev–Trinajstić information content (AvgIpc) is 2.46. The summed E-state index contributed by atoms with van der Waals surface area (Å²) in [5.74, 6) is 0.771. The van der Waals surface area contributed by atoms with Crippen molar-refractivity contribution in [1.29, 1.82) is 0 Å². The van der Waals surface area contributed by atoms with Gasteiger partial charge in [-0.2, -0.15) is 0 Å². The molecule has 0 aromatic rings. The highest BCUT2D eigenvalue weighted by Gasteiger charge is 2.34. The van der Waals surface area contributed by atoms with Gasteiger partial charge in [-0.25, -0.2) is 0 Å². The van der Waals surface area contributed by atoms with Crippen molar-refractivity contribution in [3.8, 4) is 0 Å². The van der Waals surface area contributed by atoms with E-state index >= 15 is 0 Å². The third kappa shape index (κ3) is 4.45. The summed E-state index contributed by atoms with van der Waals surface area (Å²) in [6, 6.07) is 0. The van der Waals surface area contributed by atoms with Crippen LogP contribution in [0.1, 0.15) is 46.0 Å². The van der Waals surface area contributed by atoms with Gasteiger partial charge in [0.2, 0.25) is 5.91 Å². The third-order valence-corrected chi connectivity index (χ3v) is 4.78. The van der Waals surface area contributed by atoms with Crippen molar-refractivity contribution in [3.63, 3.8) is 0 Å². The molecule has 0 spiro atoms. The molecular weight excluding hydrogens is 250 g/mol. The molecule has 1 amide bonds. The minimum absolute atomic E-state index is 0.205. The summed E-state index contributed by atoms with van der Waals surface area (Å²) in [5.41, 5.74) is -0.205. The first-order chi connectivity index (χ1) is 9.60. The van der Waals surface area contributed by atoms with Gasteiger partial charge in [0.05, 0.1) is 5.41 Å². The van der Waals surface area contributed by atoms with Crippen molar-refractivity contribution in [2.24, 2.45) is 11.3 Å². The van der Waals surface area contributed by atoms with Gasteiger partial charge in [-0.05, 0) is 58.2 Å². The van der Waals surface area contributed by atoms with Crippen molar-refractivity contribution in [2.75, 3.05) is 39.3 Å². The Kier molecular flexibility index (Phi) is 5.85. The van der Waals surface area contributed by atoms with Crippen LogP contribution in [0.15, 0.2) is 0 Å². The first-order valence-corrected chi connectivity index (χ1v) is 8.31. The predicted molar refractivity (Wildman–Crippen MR) is 82.7 cm³/mol. The second-order valence-corrected chi connectivity index (χ2v) is 7.02. The topological polar surface area (TPSA) is 44.4 Å². The summed E-state index contributed by atoms with van der Waals surface area (Å²) >= 11 is 0. The van der Waals surface area contributed by atoms with Gasteiger partial charge >= 0.3 is 0 Å². The zero-order valence-electron chi connectivity index (χ0n) is 13.2. The molecule has 0 aromatic heterocycles. The first-order valence-electron chi connectivity index (χ1n) is 8.31. The number of carbonyl (C=O) groups is 1. The van der Waals surface area contributed by atoms with E-state index in [0.29, 0.717) is 5.92 Å². The van der Waals surface area contributed by atoms with Gasteiger partial charge in [0, 0.05) is 19.6 Å². The smallest absolute Gasteiger partial charge is 0.227 e. The highest BCUT2D eigenvalue weighted by atomic mass is 16.2. The summed E-state index contributed by atoms with van der Waals surface area (Å²) < 4.78 is 0. The van der Waals surface area contributed by atoms with E-state index in [0.717, 1.165) is 39.0 Å². The molecule has 2 atom stereocenters. The minimum Gasteiger partial charge on any atom is -0.355 e. The third-order valence-electron chi connectivity index (χ3n) is 4.78. The maximum Gasteiger partial charge on any atom is 0.227 e. The van der Waals surface area contributed by atoms with Crippen LogP contribution >= 0.6 is 0 Å². The lowest BCUT2D eigenvalue weighted by atomic mass is 9.82. The Morgan fingerprint density at radius 1 is 1.30 bits per heavy atom. The van der Waals surface area contributed by atoms with Gasteiger partial charge in [0.15, 0.2) is 0 Å². The van der Waals surface area contributed by atoms with Gasteiger partial charge in [-0.15, -0.1) is 0 Å². The van der Waals surface area contributed by atoms with Crippen LogP contribution < -0.4 is 10.6 Å². The van der Waals surface area contributed by atoms with Crippen molar-refractivity contribution in [2.45, 2.75) is 46.0 Å². The second-order valence-electron chi connectivity index (χ2n) is 7.02. The number of rotatable bonds is 5. The predicted octanol–water partition coefficient (Wildman–Crippen LogP) is 1.61. The number of carbonyl (C=O) groups excluding carboxylic acids is 1. The number of hydrogen-bond donors (Lipinski definition) is 2. The standard InChI is InChI=1S/C16H31N3O/c1-14(12-19-9-4-3-5-10-19)11-18-15(20)16(2)7-6-8-17-13-16/h14,17H,3-13H2,1-2H3,(H,18,20). The number of amides is 1. The van der Waals surface area contributed by atoms with Crippen molar-refractivity contribution < 1.29 is 4.79 Å². The molecular formula is C16H31N3O. The Morgan fingerprint density at radius 2 is 2.05 bits per heavy atom. The molecule has 2 N–H and O–H groups in total. The first kappa shape index (κ1) is 15.8. The van der Waals surface area contributed by atoms with Crippen molar-refractivity contribution >= 4 is 5.91 Å². The molecule has 2 saturated heterocycles. The Balaban J connectivity index is 1.69. The summed E-state index contributed by atoms with van der Waals surface area (Å²) in [5, 5.41) is 6.52. The maximum absolute atomic E-state index is 12.4. The van der Waals surface area contributed by atoms with E-state index in [-0.39, 0.29) is 11.3 Å². The van der Waals surface area contributed by atoms with Crippen LogP contribution in [0.5, 0.6) is 0 Å². The van der Waals surface area contributed by atoms with Crippen LogP contribution in [0, 0.1) is 11.3 Å². The zero-order chi connectivity index (χ0) is 14.4. The molecule has 2 fully saturated rings. The van der Waals surface area contributed by atoms with Crippen molar-refractivity contribution in [3.05, 3.63) is 0 Å². The van der Waals surface area contributed by atoms with E-state index < -0.39 is 0 Å². The summed E-state index contributed by atoms with van der Waals surface area (Å²) in [7, 11) is 0. The average molecular weight is 281 g/mol. The Hall–Kier alpha value is -0.610. The molecule has 2 aliphatic rings. The molecule has 20 heavy (non-hydrogen) atoms. The lowest BCUT2D eigenvalue weighted by Crippen LogP contribution is -2.50. The highest BCUT2D eigenvalue weighted by molar-refractivity contribution is 5.82. The Bertz CT molecular complexity index is 307. The summed E-state index contributed by atoms with van der Waals surface area (Å²) in [6.07, 6.45) is 6.16. The minimum atomic E-state index is -0.205. The van der Waals surface area contributed by atoms with E-state index in [4.69, 9.17) is 0 Å². The van der Waals surface area contributed by atoms with E-state index in [1.54, 1.807) is 0 Å². The van der Waals surface area contributed by atoms with Crippen molar-refractivity contribution in [1.82, 2.24) is 15.5 Å². The zero-order valence-corrected chi connectivity index (χ0v) is 13.2. The van der Waals surface area contributed by atoms with E-state index in [2.05, 4.69) is 29.4 Å². The van der Waals surface area contributed by atoms with Gasteiger partial charge in [-0.3, -0.25) is 4.79 Å². The van der Waals surface area contributed by atoms with Crippen LogP contribution in [-0.2, 0) is 4.79 Å². The normalized spacial score (nSPS) is 29.9. The van der Waals surface area contributed by atoms with Crippen LogP contribution in [0.25, 0.3) is 0 Å². The van der Waals surface area contributed by atoms with E-state index in [9.17, 15) is 4.79 Å². The molecule has 4 heteroatoms. The van der Waals surface area contributed by atoms with Gasteiger partial charge in [0.1, 0.15) is 0 Å². The van der Waals surface area contributed by atoms with Crippen LogP contribution in [-0.4, -0.2) is 50.1 Å². The van der Waals surface area contributed by atoms with Crippen LogP contribution in [0.2, 0.25) is 0 Å². The molecule has 2 aliphatic heterocycles. The molecule has 0 bridgehead atoms. The highest BCUT2D eigenvalue weighted by Crippen LogP contribution is 2.25. The molecule has 0 aliphatic carbocycles. The monoisotopic (exact) mass is 281 g/mol. The van der Waals surface area contributed by atoms with E-state index in [1.165, 1.54) is 32.4 Å². The SMILES string of the molecule is CC(CNC(=O)C1(C)CCCNC1)CN1CCCCC1. The Labute approximate surface area is 123 Å². The van der Waals surface area contributed by atoms with Gasteiger partial charge < -0.3 is 15.5 Å². The fraction of sp³-hybridized carbons (Fsp3) is 0.938. The van der Waals surface area contributed by atoms with Crippen LogP contribution in [0.4, 0.5) is 0 Å². The number of piperidine rings is 2. The molecule has 0 radical (unpaired) electrons. The van der Waals surface area contributed by atoms with E-state index in [1.807, 2.05) is 0 Å². The molecule has 2 rings (SSSR count). The Morgan fingerprint density at radius 3 is 2.70 bits per heavy atom. The fourth-order valence-electron chi connectivity index (χ4n) is 3.38. The quantitative estimate of drug-likeness (QED) is 0.805. The number of nitrogens with one attached hydrogen (secondary N) is 2. The van der Waals surface area contributed by atoms with Crippen LogP contribution in [0.3, 0.4) is 0 Å².